The number of ether oxygens (including phenoxy) is 1. The molecule has 1 aromatic carbocycles. The zero-order valence-electron chi connectivity index (χ0n) is 11.7. The molecule has 120 valence electrons. The number of nitrogens with one attached hydrogen (secondary N) is 1. The molecule has 1 aliphatic rings. The average Bonchev–Trinajstić information content (AvgIpc) is 2.46. The summed E-state index contributed by atoms with van der Waals surface area (Å²) >= 11 is 0. The predicted octanol–water partition coefficient (Wildman–Crippen LogP) is 2.15. The van der Waals surface area contributed by atoms with Crippen molar-refractivity contribution < 1.29 is 23.0 Å². The highest BCUT2D eigenvalue weighted by atomic mass is 19.4. The van der Waals surface area contributed by atoms with Crippen LogP contribution >= 0.6 is 0 Å². The molecule has 0 radical (unpaired) electrons. The van der Waals surface area contributed by atoms with E-state index in [4.69, 9.17) is 5.26 Å². The molecule has 22 heavy (non-hydrogen) atoms. The topological polar surface area (TPSA) is 68.5 Å². The summed E-state index contributed by atoms with van der Waals surface area (Å²) in [7, 11) is 0. The van der Waals surface area contributed by atoms with Gasteiger partial charge in [0.2, 0.25) is 0 Å². The predicted molar refractivity (Wildman–Crippen MR) is 72.2 cm³/mol. The van der Waals surface area contributed by atoms with E-state index in [0.717, 1.165) is 31.3 Å². The number of hydrogen-bond donors (Lipinski definition) is 2. The normalized spacial score (nSPS) is 17.7. The molecule has 1 atom stereocenters. The first-order valence-electron chi connectivity index (χ1n) is 6.81. The van der Waals surface area contributed by atoms with Crippen LogP contribution in [0.4, 0.5) is 13.2 Å². The van der Waals surface area contributed by atoms with Crippen molar-refractivity contribution in [1.29, 1.82) is 5.26 Å². The van der Waals surface area contributed by atoms with E-state index in [1.807, 2.05) is 11.0 Å². The van der Waals surface area contributed by atoms with Gasteiger partial charge in [0, 0.05) is 31.7 Å². The van der Waals surface area contributed by atoms with Crippen molar-refractivity contribution in [2.24, 2.45) is 0 Å². The van der Waals surface area contributed by atoms with Crippen LogP contribution in [0.2, 0.25) is 0 Å². The second kappa shape index (κ2) is 6.85. The van der Waals surface area contributed by atoms with Crippen molar-refractivity contribution in [3.05, 3.63) is 23.8 Å². The van der Waals surface area contributed by atoms with Crippen LogP contribution < -0.4 is 10.1 Å². The smallest absolute Gasteiger partial charge is 0.508 e. The number of phenolic OH excluding ortho intramolecular Hbond substituents is 1. The summed E-state index contributed by atoms with van der Waals surface area (Å²) < 4.78 is 40.9. The van der Waals surface area contributed by atoms with Gasteiger partial charge in [-0.05, 0) is 18.2 Å². The molecule has 1 aliphatic heterocycles. The molecule has 2 N–H and O–H groups in total. The average molecular weight is 315 g/mol. The Morgan fingerprint density at radius 2 is 2.05 bits per heavy atom. The Kier molecular flexibility index (Phi) is 5.11. The van der Waals surface area contributed by atoms with Crippen molar-refractivity contribution in [3.8, 4) is 17.6 Å². The van der Waals surface area contributed by atoms with Crippen LogP contribution in [0.1, 0.15) is 18.0 Å². The number of alkyl halides is 3. The molecule has 0 bridgehead atoms. The fraction of sp³-hybridized carbons (Fsp3) is 0.500. The zero-order valence-corrected chi connectivity index (χ0v) is 11.7. The van der Waals surface area contributed by atoms with E-state index in [1.54, 1.807) is 0 Å². The number of benzene rings is 1. The third kappa shape index (κ3) is 4.26. The van der Waals surface area contributed by atoms with Crippen LogP contribution in [0.25, 0.3) is 0 Å². The molecule has 0 aromatic heterocycles. The monoisotopic (exact) mass is 315 g/mol. The summed E-state index contributed by atoms with van der Waals surface area (Å²) in [6.07, 6.45) is -4.73. The fourth-order valence-corrected chi connectivity index (χ4v) is 2.51. The highest BCUT2D eigenvalue weighted by Gasteiger charge is 2.32. The van der Waals surface area contributed by atoms with Gasteiger partial charge in [0.15, 0.2) is 0 Å². The molecule has 1 saturated heterocycles. The lowest BCUT2D eigenvalue weighted by atomic mass is 10.0. The molecule has 0 saturated carbocycles. The lowest BCUT2D eigenvalue weighted by Crippen LogP contribution is -2.45. The number of nitrogens with zero attached hydrogens (tertiary/aromatic N) is 2. The van der Waals surface area contributed by atoms with E-state index in [-0.39, 0.29) is 17.7 Å². The Morgan fingerprint density at radius 3 is 2.64 bits per heavy atom. The molecule has 1 aromatic rings. The third-order valence-corrected chi connectivity index (χ3v) is 3.47. The van der Waals surface area contributed by atoms with E-state index in [9.17, 15) is 18.3 Å². The third-order valence-electron chi connectivity index (χ3n) is 3.47. The van der Waals surface area contributed by atoms with Crippen molar-refractivity contribution in [1.82, 2.24) is 10.2 Å². The largest absolute Gasteiger partial charge is 0.573 e. The maximum Gasteiger partial charge on any atom is 0.573 e. The number of halogens is 3. The highest BCUT2D eigenvalue weighted by molar-refractivity contribution is 5.42. The summed E-state index contributed by atoms with van der Waals surface area (Å²) in [4.78, 5) is 1.96. The minimum absolute atomic E-state index is 0.0725. The Labute approximate surface area is 125 Å². The molecule has 0 unspecified atom stereocenters. The second-order valence-electron chi connectivity index (χ2n) is 4.93. The quantitative estimate of drug-likeness (QED) is 0.891. The van der Waals surface area contributed by atoms with Gasteiger partial charge in [-0.1, -0.05) is 0 Å². The van der Waals surface area contributed by atoms with E-state index in [1.165, 1.54) is 0 Å². The molecule has 1 fully saturated rings. The number of rotatable bonds is 4. The van der Waals surface area contributed by atoms with E-state index >= 15 is 0 Å². The SMILES string of the molecule is N#CC[C@H](c1cc(OC(F)(F)F)ccc1O)N1CCNCC1. The molecule has 2 rings (SSSR count). The highest BCUT2D eigenvalue weighted by Crippen LogP contribution is 2.35. The maximum atomic E-state index is 12.3. The van der Waals surface area contributed by atoms with Crippen LogP contribution in [0.15, 0.2) is 18.2 Å². The maximum absolute atomic E-state index is 12.3. The number of phenols is 1. The van der Waals surface area contributed by atoms with Crippen LogP contribution in [-0.4, -0.2) is 42.5 Å². The van der Waals surface area contributed by atoms with Gasteiger partial charge in [-0.15, -0.1) is 13.2 Å². The van der Waals surface area contributed by atoms with Crippen LogP contribution in [0.5, 0.6) is 11.5 Å². The first kappa shape index (κ1) is 16.4. The summed E-state index contributed by atoms with van der Waals surface area (Å²) in [5.41, 5.74) is 0.269. The van der Waals surface area contributed by atoms with E-state index in [2.05, 4.69) is 10.1 Å². The Bertz CT molecular complexity index is 551. The van der Waals surface area contributed by atoms with Gasteiger partial charge in [-0.3, -0.25) is 4.90 Å². The van der Waals surface area contributed by atoms with Crippen molar-refractivity contribution in [2.45, 2.75) is 18.8 Å². The van der Waals surface area contributed by atoms with Gasteiger partial charge in [0.25, 0.3) is 0 Å². The van der Waals surface area contributed by atoms with Gasteiger partial charge in [0.05, 0.1) is 18.5 Å². The number of aromatic hydroxyl groups is 1. The summed E-state index contributed by atoms with van der Waals surface area (Å²) in [6.45, 7) is 2.75. The Morgan fingerprint density at radius 1 is 1.36 bits per heavy atom. The lowest BCUT2D eigenvalue weighted by Gasteiger charge is -2.34. The van der Waals surface area contributed by atoms with Crippen LogP contribution in [-0.2, 0) is 0 Å². The van der Waals surface area contributed by atoms with Crippen molar-refractivity contribution >= 4 is 0 Å². The van der Waals surface area contributed by atoms with Gasteiger partial charge in [-0.25, -0.2) is 0 Å². The first-order chi connectivity index (χ1) is 10.4. The molecule has 0 aliphatic carbocycles. The Hall–Kier alpha value is -1.98. The number of nitriles is 1. The summed E-state index contributed by atoms with van der Waals surface area (Å²) in [5.74, 6) is -0.549. The molecule has 5 nitrogen and oxygen atoms in total. The molecule has 8 heteroatoms. The van der Waals surface area contributed by atoms with E-state index in [0.29, 0.717) is 13.1 Å². The molecule has 0 amide bonds. The Balaban J connectivity index is 2.29. The molecular weight excluding hydrogens is 299 g/mol. The van der Waals surface area contributed by atoms with Crippen molar-refractivity contribution in [3.63, 3.8) is 0 Å². The second-order valence-corrected chi connectivity index (χ2v) is 4.93. The number of hydrogen-bond acceptors (Lipinski definition) is 5. The first-order valence-corrected chi connectivity index (χ1v) is 6.81. The van der Waals surface area contributed by atoms with Gasteiger partial charge < -0.3 is 15.2 Å². The van der Waals surface area contributed by atoms with Gasteiger partial charge in [0.1, 0.15) is 11.5 Å². The molecule has 1 heterocycles. The fourth-order valence-electron chi connectivity index (χ4n) is 2.51. The lowest BCUT2D eigenvalue weighted by molar-refractivity contribution is -0.274. The zero-order chi connectivity index (χ0) is 16.2. The molecule has 0 spiro atoms. The van der Waals surface area contributed by atoms with Gasteiger partial charge in [-0.2, -0.15) is 5.26 Å². The number of piperazine rings is 1. The van der Waals surface area contributed by atoms with E-state index < -0.39 is 18.2 Å². The van der Waals surface area contributed by atoms with Crippen LogP contribution in [0.3, 0.4) is 0 Å². The standard InChI is InChI=1S/C14H16F3N3O2/c15-14(16,17)22-10-1-2-13(21)11(9-10)12(3-4-18)20-7-5-19-6-8-20/h1-2,9,12,19,21H,3,5-8H2/t12-/m1/s1. The van der Waals surface area contributed by atoms with Crippen LogP contribution in [0, 0.1) is 11.3 Å². The minimum atomic E-state index is -4.80. The van der Waals surface area contributed by atoms with Gasteiger partial charge >= 0.3 is 6.36 Å². The minimum Gasteiger partial charge on any atom is -0.508 e. The molecular formula is C14H16F3N3O2. The summed E-state index contributed by atoms with van der Waals surface area (Å²) in [6, 6.07) is 4.90. The van der Waals surface area contributed by atoms with Crippen molar-refractivity contribution in [2.75, 3.05) is 26.2 Å². The summed E-state index contributed by atoms with van der Waals surface area (Å²) in [5, 5.41) is 22.1.